The molecule has 158 valence electrons. The van der Waals surface area contributed by atoms with Crippen LogP contribution in [0.2, 0.25) is 0 Å². The van der Waals surface area contributed by atoms with Crippen molar-refractivity contribution >= 4 is 29.1 Å². The molecular formula is C19H23F3N4O3. The summed E-state index contributed by atoms with van der Waals surface area (Å²) >= 11 is 0. The number of rotatable bonds is 5. The van der Waals surface area contributed by atoms with Crippen molar-refractivity contribution in [1.82, 2.24) is 9.80 Å². The van der Waals surface area contributed by atoms with E-state index in [0.29, 0.717) is 31.9 Å². The van der Waals surface area contributed by atoms with Gasteiger partial charge in [-0.1, -0.05) is 0 Å². The second kappa shape index (κ2) is 8.30. The fourth-order valence-electron chi connectivity index (χ4n) is 3.58. The van der Waals surface area contributed by atoms with Crippen LogP contribution in [0, 0.1) is 0 Å². The zero-order valence-corrected chi connectivity index (χ0v) is 16.1. The van der Waals surface area contributed by atoms with E-state index in [0.717, 1.165) is 29.9 Å². The van der Waals surface area contributed by atoms with Crippen LogP contribution in [0.4, 0.5) is 24.5 Å². The number of hydrogen-bond donors (Lipinski definition) is 1. The average Bonchev–Trinajstić information content (AvgIpc) is 3.19. The molecule has 0 saturated carbocycles. The van der Waals surface area contributed by atoms with Crippen molar-refractivity contribution in [3.05, 3.63) is 23.8 Å². The van der Waals surface area contributed by atoms with Crippen molar-refractivity contribution in [1.29, 1.82) is 0 Å². The molecule has 0 aromatic heterocycles. The number of carbonyl (C=O) groups excluding carboxylic acids is 3. The van der Waals surface area contributed by atoms with E-state index in [2.05, 4.69) is 5.32 Å². The first-order valence-electron chi connectivity index (χ1n) is 9.55. The quantitative estimate of drug-likeness (QED) is 0.751. The lowest BCUT2D eigenvalue weighted by molar-refractivity contribution is -0.156. The Morgan fingerprint density at radius 1 is 1.03 bits per heavy atom. The summed E-state index contributed by atoms with van der Waals surface area (Å²) < 4.78 is 39.4. The summed E-state index contributed by atoms with van der Waals surface area (Å²) in [5.74, 6) is -2.10. The van der Waals surface area contributed by atoms with Gasteiger partial charge in [-0.2, -0.15) is 13.2 Å². The van der Waals surface area contributed by atoms with E-state index in [1.807, 2.05) is 4.90 Å². The second-order valence-electron chi connectivity index (χ2n) is 7.08. The van der Waals surface area contributed by atoms with Crippen molar-refractivity contribution in [2.75, 3.05) is 49.5 Å². The number of alkyl halides is 3. The van der Waals surface area contributed by atoms with Gasteiger partial charge in [0.05, 0.1) is 16.9 Å². The molecule has 2 aliphatic heterocycles. The fourth-order valence-corrected chi connectivity index (χ4v) is 3.58. The highest BCUT2D eigenvalue weighted by Crippen LogP contribution is 2.36. The maximum absolute atomic E-state index is 13.1. The SMILES string of the molecule is CCN1CCN(CC(=O)Nc2cc(C(F)(F)F)ccc2N2CCCC2)C(=O)C1=O. The van der Waals surface area contributed by atoms with Crippen LogP contribution in [-0.2, 0) is 20.6 Å². The van der Waals surface area contributed by atoms with Gasteiger partial charge in [0, 0.05) is 32.7 Å². The molecule has 0 unspecified atom stereocenters. The normalized spacial score (nSPS) is 17.9. The minimum Gasteiger partial charge on any atom is -0.370 e. The van der Waals surface area contributed by atoms with Gasteiger partial charge in [0.15, 0.2) is 0 Å². The van der Waals surface area contributed by atoms with Crippen molar-refractivity contribution in [2.24, 2.45) is 0 Å². The summed E-state index contributed by atoms with van der Waals surface area (Å²) in [6, 6.07) is 3.27. The summed E-state index contributed by atoms with van der Waals surface area (Å²) in [7, 11) is 0. The number of likely N-dealkylation sites (N-methyl/N-ethyl adjacent to an activating group) is 1. The smallest absolute Gasteiger partial charge is 0.370 e. The molecule has 3 rings (SSSR count). The highest BCUT2D eigenvalue weighted by Gasteiger charge is 2.34. The number of carbonyl (C=O) groups is 3. The molecule has 29 heavy (non-hydrogen) atoms. The van der Waals surface area contributed by atoms with Crippen LogP contribution in [-0.4, -0.2) is 66.8 Å². The maximum Gasteiger partial charge on any atom is 0.416 e. The predicted molar refractivity (Wildman–Crippen MR) is 100 cm³/mol. The summed E-state index contributed by atoms with van der Waals surface area (Å²) in [4.78, 5) is 41.0. The number of hydrogen-bond acceptors (Lipinski definition) is 4. The van der Waals surface area contributed by atoms with Gasteiger partial charge in [-0.15, -0.1) is 0 Å². The Bertz CT molecular complexity index is 806. The van der Waals surface area contributed by atoms with Crippen LogP contribution in [0.5, 0.6) is 0 Å². The van der Waals surface area contributed by atoms with Gasteiger partial charge in [-0.25, -0.2) is 0 Å². The summed E-state index contributed by atoms with van der Waals surface area (Å²) in [5.41, 5.74) is -0.293. The Morgan fingerprint density at radius 2 is 1.66 bits per heavy atom. The van der Waals surface area contributed by atoms with Gasteiger partial charge in [-0.05, 0) is 38.0 Å². The maximum atomic E-state index is 13.1. The minimum absolute atomic E-state index is 0.0534. The number of benzene rings is 1. The van der Waals surface area contributed by atoms with Crippen molar-refractivity contribution in [2.45, 2.75) is 25.9 Å². The Kier molecular flexibility index (Phi) is 5.99. The molecule has 1 N–H and O–H groups in total. The predicted octanol–water partition coefficient (Wildman–Crippen LogP) is 1.93. The van der Waals surface area contributed by atoms with E-state index in [9.17, 15) is 27.6 Å². The van der Waals surface area contributed by atoms with Gasteiger partial charge >= 0.3 is 18.0 Å². The molecule has 0 spiro atoms. The number of amides is 3. The van der Waals surface area contributed by atoms with E-state index < -0.39 is 36.0 Å². The molecule has 7 nitrogen and oxygen atoms in total. The molecule has 0 aliphatic carbocycles. The summed E-state index contributed by atoms with van der Waals surface area (Å²) in [6.45, 7) is 3.66. The minimum atomic E-state index is -4.54. The lowest BCUT2D eigenvalue weighted by Crippen LogP contribution is -2.55. The summed E-state index contributed by atoms with van der Waals surface area (Å²) in [6.07, 6.45) is -2.69. The number of nitrogens with one attached hydrogen (secondary N) is 1. The van der Waals surface area contributed by atoms with Crippen LogP contribution in [0.3, 0.4) is 0 Å². The molecule has 10 heteroatoms. The van der Waals surface area contributed by atoms with Crippen molar-refractivity contribution in [3.8, 4) is 0 Å². The van der Waals surface area contributed by atoms with Gasteiger partial charge < -0.3 is 20.0 Å². The van der Waals surface area contributed by atoms with E-state index >= 15 is 0 Å². The molecule has 0 atom stereocenters. The standard InChI is InChI=1S/C19H23F3N4O3/c1-2-24-9-10-26(18(29)17(24)28)12-16(27)23-14-11-13(19(20,21)22)5-6-15(14)25-7-3-4-8-25/h5-6,11H,2-4,7-10,12H2,1H3,(H,23,27). The zero-order chi connectivity index (χ0) is 21.2. The molecule has 3 amide bonds. The lowest BCUT2D eigenvalue weighted by Gasteiger charge is -2.32. The molecule has 1 aromatic rings. The second-order valence-corrected chi connectivity index (χ2v) is 7.08. The third-order valence-electron chi connectivity index (χ3n) is 5.16. The highest BCUT2D eigenvalue weighted by molar-refractivity contribution is 6.35. The Morgan fingerprint density at radius 3 is 2.28 bits per heavy atom. The first-order valence-corrected chi connectivity index (χ1v) is 9.55. The number of anilines is 2. The third-order valence-corrected chi connectivity index (χ3v) is 5.16. The molecule has 2 fully saturated rings. The van der Waals surface area contributed by atoms with E-state index in [1.165, 1.54) is 11.0 Å². The van der Waals surface area contributed by atoms with Gasteiger partial charge in [0.25, 0.3) is 0 Å². The zero-order valence-electron chi connectivity index (χ0n) is 16.1. The van der Waals surface area contributed by atoms with Crippen molar-refractivity contribution in [3.63, 3.8) is 0 Å². The number of nitrogens with zero attached hydrogens (tertiary/aromatic N) is 3. The Hall–Kier alpha value is -2.78. The lowest BCUT2D eigenvalue weighted by atomic mass is 10.1. The largest absolute Gasteiger partial charge is 0.416 e. The topological polar surface area (TPSA) is 73.0 Å². The Labute approximate surface area is 166 Å². The van der Waals surface area contributed by atoms with Crippen LogP contribution in [0.25, 0.3) is 0 Å². The van der Waals surface area contributed by atoms with Gasteiger partial charge in [-0.3, -0.25) is 14.4 Å². The van der Waals surface area contributed by atoms with Crippen LogP contribution in [0.1, 0.15) is 25.3 Å². The molecule has 2 heterocycles. The third kappa shape index (κ3) is 4.63. The van der Waals surface area contributed by atoms with E-state index in [-0.39, 0.29) is 12.2 Å². The molecule has 1 aromatic carbocycles. The van der Waals surface area contributed by atoms with Gasteiger partial charge in [0.2, 0.25) is 5.91 Å². The first-order chi connectivity index (χ1) is 13.7. The molecular weight excluding hydrogens is 389 g/mol. The molecule has 0 bridgehead atoms. The molecule has 2 aliphatic rings. The van der Waals surface area contributed by atoms with E-state index in [4.69, 9.17) is 0 Å². The van der Waals surface area contributed by atoms with E-state index in [1.54, 1.807) is 6.92 Å². The molecule has 0 radical (unpaired) electrons. The number of piperazine rings is 1. The monoisotopic (exact) mass is 412 g/mol. The number of halogens is 3. The highest BCUT2D eigenvalue weighted by atomic mass is 19.4. The van der Waals surface area contributed by atoms with Crippen LogP contribution >= 0.6 is 0 Å². The molecule has 2 saturated heterocycles. The fraction of sp³-hybridized carbons (Fsp3) is 0.526. The average molecular weight is 412 g/mol. The summed E-state index contributed by atoms with van der Waals surface area (Å²) in [5, 5.41) is 2.51. The Balaban J connectivity index is 1.76. The van der Waals surface area contributed by atoms with Crippen LogP contribution in [0.15, 0.2) is 18.2 Å². The van der Waals surface area contributed by atoms with Gasteiger partial charge in [0.1, 0.15) is 6.54 Å². The van der Waals surface area contributed by atoms with Crippen molar-refractivity contribution < 1.29 is 27.6 Å². The first kappa shape index (κ1) is 20.9. The van der Waals surface area contributed by atoms with Crippen LogP contribution < -0.4 is 10.2 Å².